The van der Waals surface area contributed by atoms with Crippen LogP contribution in [0.2, 0.25) is 0 Å². The summed E-state index contributed by atoms with van der Waals surface area (Å²) in [4.78, 5) is 1.47. The van der Waals surface area contributed by atoms with Crippen molar-refractivity contribution in [1.82, 2.24) is 4.90 Å². The van der Waals surface area contributed by atoms with Crippen LogP contribution in [-0.4, -0.2) is 35.4 Å². The van der Waals surface area contributed by atoms with Crippen LogP contribution in [-0.2, 0) is 16.9 Å². The summed E-state index contributed by atoms with van der Waals surface area (Å²) in [6, 6.07) is 6.46. The second kappa shape index (κ2) is 6.89. The van der Waals surface area contributed by atoms with Gasteiger partial charge in [-0.15, -0.1) is 0 Å². The maximum atomic E-state index is 13.1. The van der Waals surface area contributed by atoms with Gasteiger partial charge in [0.25, 0.3) is 0 Å². The first-order chi connectivity index (χ1) is 8.11. The van der Waals surface area contributed by atoms with Crippen LogP contribution >= 0.6 is 0 Å². The minimum absolute atomic E-state index is 0.0664. The number of nitrogens with zero attached hydrogens (tertiary/aromatic N) is 1. The van der Waals surface area contributed by atoms with Gasteiger partial charge in [-0.2, -0.15) is 8.42 Å². The first-order valence-electron chi connectivity index (χ1n) is 4.59. The molecule has 1 aromatic carbocycles. The van der Waals surface area contributed by atoms with Gasteiger partial charge in [-0.25, -0.2) is 4.39 Å². The third kappa shape index (κ3) is 8.44. The average molecular weight is 279 g/mol. The second-order valence-corrected chi connectivity index (χ2v) is 4.18. The molecular formula is C9H14FN3O4S. The lowest BCUT2D eigenvalue weighted by molar-refractivity contribution is 0.381. The monoisotopic (exact) mass is 279 g/mol. The molecular weight excluding hydrogens is 265 g/mol. The van der Waals surface area contributed by atoms with Crippen molar-refractivity contribution >= 4 is 16.4 Å². The SMILES string of the molecule is CN(Cc1ccccc1F)C(=N)N.O=S(=O)(O)O. The first kappa shape index (κ1) is 16.3. The molecule has 0 fully saturated rings. The number of benzene rings is 1. The summed E-state index contributed by atoms with van der Waals surface area (Å²) in [7, 11) is -3.02. The number of rotatable bonds is 2. The van der Waals surface area contributed by atoms with Crippen LogP contribution in [0.1, 0.15) is 5.56 Å². The molecule has 9 heteroatoms. The largest absolute Gasteiger partial charge is 0.394 e. The van der Waals surface area contributed by atoms with Crippen molar-refractivity contribution in [3.8, 4) is 0 Å². The maximum absolute atomic E-state index is 13.1. The average Bonchev–Trinajstić information content (AvgIpc) is 2.18. The Morgan fingerprint density at radius 1 is 1.44 bits per heavy atom. The Morgan fingerprint density at radius 3 is 2.28 bits per heavy atom. The fraction of sp³-hybridized carbons (Fsp3) is 0.222. The van der Waals surface area contributed by atoms with Gasteiger partial charge in [0.15, 0.2) is 5.96 Å². The Bertz CT molecular complexity index is 498. The summed E-state index contributed by atoms with van der Waals surface area (Å²) >= 11 is 0. The van der Waals surface area contributed by atoms with Crippen LogP contribution in [0, 0.1) is 11.2 Å². The summed E-state index contributed by atoms with van der Waals surface area (Å²) < 4.78 is 44.7. The summed E-state index contributed by atoms with van der Waals surface area (Å²) in [5.74, 6) is -0.334. The number of guanidine groups is 1. The highest BCUT2D eigenvalue weighted by atomic mass is 32.3. The second-order valence-electron chi connectivity index (χ2n) is 3.28. The van der Waals surface area contributed by atoms with E-state index in [1.165, 1.54) is 11.0 Å². The normalized spacial score (nSPS) is 10.2. The Morgan fingerprint density at radius 2 is 1.89 bits per heavy atom. The van der Waals surface area contributed by atoms with Gasteiger partial charge in [-0.05, 0) is 6.07 Å². The van der Waals surface area contributed by atoms with E-state index < -0.39 is 10.4 Å². The lowest BCUT2D eigenvalue weighted by atomic mass is 10.2. The third-order valence-electron chi connectivity index (χ3n) is 1.78. The van der Waals surface area contributed by atoms with Crippen LogP contribution in [0.5, 0.6) is 0 Å². The predicted molar refractivity (Wildman–Crippen MR) is 64.0 cm³/mol. The molecule has 0 aliphatic heterocycles. The Kier molecular flexibility index (Phi) is 6.23. The summed E-state index contributed by atoms with van der Waals surface area (Å²) in [5.41, 5.74) is 5.76. The van der Waals surface area contributed by atoms with Crippen LogP contribution in [0.4, 0.5) is 4.39 Å². The quantitative estimate of drug-likeness (QED) is 0.354. The summed E-state index contributed by atoms with van der Waals surface area (Å²) in [5, 5.41) is 7.10. The molecule has 0 spiro atoms. The molecule has 0 aliphatic rings. The first-order valence-corrected chi connectivity index (χ1v) is 5.99. The van der Waals surface area contributed by atoms with Gasteiger partial charge >= 0.3 is 10.4 Å². The van der Waals surface area contributed by atoms with E-state index in [-0.39, 0.29) is 11.8 Å². The summed E-state index contributed by atoms with van der Waals surface area (Å²) in [6.07, 6.45) is 0. The van der Waals surface area contributed by atoms with Crippen molar-refractivity contribution in [3.05, 3.63) is 35.6 Å². The number of halogens is 1. The molecule has 0 heterocycles. The molecule has 18 heavy (non-hydrogen) atoms. The van der Waals surface area contributed by atoms with E-state index in [2.05, 4.69) is 0 Å². The lowest BCUT2D eigenvalue weighted by Crippen LogP contribution is -2.32. The predicted octanol–water partition coefficient (Wildman–Crippen LogP) is 0.498. The van der Waals surface area contributed by atoms with E-state index in [9.17, 15) is 4.39 Å². The van der Waals surface area contributed by atoms with Gasteiger partial charge in [0.1, 0.15) is 5.82 Å². The van der Waals surface area contributed by atoms with Crippen molar-refractivity contribution < 1.29 is 21.9 Å². The number of hydrogen-bond donors (Lipinski definition) is 4. The standard InChI is InChI=1S/C9H12FN3.H2O4S/c1-13(9(11)12)6-7-4-2-3-5-8(7)10;1-5(2,3)4/h2-5H,6H2,1H3,(H3,11,12);(H2,1,2,3,4). The van der Waals surface area contributed by atoms with Crippen LogP contribution in [0.15, 0.2) is 24.3 Å². The highest BCUT2D eigenvalue weighted by Gasteiger charge is 2.04. The maximum Gasteiger partial charge on any atom is 0.394 e. The zero-order valence-corrected chi connectivity index (χ0v) is 10.4. The zero-order valence-electron chi connectivity index (χ0n) is 9.54. The van der Waals surface area contributed by atoms with Gasteiger partial charge in [-0.1, -0.05) is 18.2 Å². The van der Waals surface area contributed by atoms with Crippen molar-refractivity contribution in [2.75, 3.05) is 7.05 Å². The molecule has 0 aliphatic carbocycles. The van der Waals surface area contributed by atoms with E-state index in [4.69, 9.17) is 28.7 Å². The highest BCUT2D eigenvalue weighted by Crippen LogP contribution is 2.07. The van der Waals surface area contributed by atoms with Crippen LogP contribution in [0.3, 0.4) is 0 Å². The minimum atomic E-state index is -4.67. The molecule has 0 unspecified atom stereocenters. The minimum Gasteiger partial charge on any atom is -0.370 e. The third-order valence-corrected chi connectivity index (χ3v) is 1.78. The van der Waals surface area contributed by atoms with Crippen LogP contribution in [0.25, 0.3) is 0 Å². The van der Waals surface area contributed by atoms with E-state index in [0.29, 0.717) is 12.1 Å². The van der Waals surface area contributed by atoms with Gasteiger partial charge in [0.05, 0.1) is 0 Å². The molecule has 0 saturated heterocycles. The van der Waals surface area contributed by atoms with Gasteiger partial charge in [-0.3, -0.25) is 14.5 Å². The van der Waals surface area contributed by atoms with Gasteiger partial charge in [0.2, 0.25) is 0 Å². The molecule has 7 nitrogen and oxygen atoms in total. The van der Waals surface area contributed by atoms with E-state index in [1.54, 1.807) is 25.2 Å². The molecule has 5 N–H and O–H groups in total. The van der Waals surface area contributed by atoms with Crippen molar-refractivity contribution in [2.24, 2.45) is 5.73 Å². The molecule has 0 amide bonds. The zero-order chi connectivity index (χ0) is 14.3. The van der Waals surface area contributed by atoms with Gasteiger partial charge < -0.3 is 10.6 Å². The van der Waals surface area contributed by atoms with Crippen molar-refractivity contribution in [1.29, 1.82) is 5.41 Å². The molecule has 0 aromatic heterocycles. The molecule has 0 bridgehead atoms. The molecule has 0 atom stereocenters. The Hall–Kier alpha value is -1.71. The number of nitrogens with one attached hydrogen (secondary N) is 1. The van der Waals surface area contributed by atoms with Crippen LogP contribution < -0.4 is 5.73 Å². The van der Waals surface area contributed by atoms with E-state index >= 15 is 0 Å². The van der Waals surface area contributed by atoms with Crippen molar-refractivity contribution in [3.63, 3.8) is 0 Å². The molecule has 1 rings (SSSR count). The highest BCUT2D eigenvalue weighted by molar-refractivity contribution is 7.79. The number of hydrogen-bond acceptors (Lipinski definition) is 3. The summed E-state index contributed by atoms with van der Waals surface area (Å²) in [6.45, 7) is 0.321. The molecule has 1 aromatic rings. The van der Waals surface area contributed by atoms with E-state index in [1.807, 2.05) is 0 Å². The Labute approximate surface area is 104 Å². The van der Waals surface area contributed by atoms with Gasteiger partial charge in [0, 0.05) is 19.2 Å². The molecule has 102 valence electrons. The fourth-order valence-corrected chi connectivity index (χ4v) is 0.967. The number of nitrogens with two attached hydrogens (primary N) is 1. The Balaban J connectivity index is 0.000000494. The fourth-order valence-electron chi connectivity index (χ4n) is 0.967. The molecule has 0 saturated carbocycles. The van der Waals surface area contributed by atoms with E-state index in [0.717, 1.165) is 0 Å². The lowest BCUT2D eigenvalue weighted by Gasteiger charge is -2.16. The smallest absolute Gasteiger partial charge is 0.370 e. The topological polar surface area (TPSA) is 128 Å². The van der Waals surface area contributed by atoms with Crippen molar-refractivity contribution in [2.45, 2.75) is 6.54 Å². The molecule has 0 radical (unpaired) electrons.